The van der Waals surface area contributed by atoms with Gasteiger partial charge in [0, 0.05) is 37.8 Å². The Hall–Kier alpha value is -3.74. The van der Waals surface area contributed by atoms with Gasteiger partial charge in [0.2, 0.25) is 5.91 Å². The smallest absolute Gasteiger partial charge is 0.261 e. The minimum absolute atomic E-state index is 0.0613. The molecular formula is C27H30N4O3. The lowest BCUT2D eigenvalue weighted by molar-refractivity contribution is -0.130. The molecule has 1 aliphatic rings. The van der Waals surface area contributed by atoms with E-state index in [1.165, 1.54) is 4.90 Å². The molecule has 0 spiro atoms. The van der Waals surface area contributed by atoms with Gasteiger partial charge in [0.1, 0.15) is 0 Å². The molecule has 0 saturated carbocycles. The van der Waals surface area contributed by atoms with Crippen molar-refractivity contribution in [1.82, 2.24) is 20.0 Å². The van der Waals surface area contributed by atoms with Gasteiger partial charge in [-0.3, -0.25) is 24.4 Å². The van der Waals surface area contributed by atoms with Crippen LogP contribution in [0.15, 0.2) is 54.6 Å². The molecule has 1 aromatic heterocycles. The standard InChI is InChI=1S/C27H30N4O3/c1-19-12-13-22-23(17-19)27(34)31(26(22)33)16-14-25(32)30(2)15-8-4-7-11-21-18-24(29-28-21)20-9-5-3-6-10-20/h3,5-6,9-10,12-13,17-18H,4,7-8,11,14-16H2,1-2H3,(H,28,29). The number of H-pyrrole nitrogens is 1. The number of hydrogen-bond acceptors (Lipinski definition) is 4. The molecule has 0 radical (unpaired) electrons. The molecule has 2 aromatic carbocycles. The van der Waals surface area contributed by atoms with Crippen LogP contribution < -0.4 is 0 Å². The number of nitrogens with zero attached hydrogens (tertiary/aromatic N) is 3. The molecule has 0 aliphatic carbocycles. The topological polar surface area (TPSA) is 86.4 Å². The van der Waals surface area contributed by atoms with Gasteiger partial charge in [-0.1, -0.05) is 48.4 Å². The SMILES string of the molecule is Cc1ccc2c(c1)C(=O)N(CCC(=O)N(C)CCCCCc1cc(-c3ccccc3)n[nH]1)C2=O. The number of carbonyl (C=O) groups is 3. The molecule has 0 bridgehead atoms. The number of rotatable bonds is 10. The first-order valence-electron chi connectivity index (χ1n) is 11.7. The molecular weight excluding hydrogens is 428 g/mol. The summed E-state index contributed by atoms with van der Waals surface area (Å²) >= 11 is 0. The number of fused-ring (bicyclic) bond motifs is 1. The molecule has 0 saturated heterocycles. The van der Waals surface area contributed by atoms with E-state index < -0.39 is 0 Å². The van der Waals surface area contributed by atoms with Crippen molar-refractivity contribution in [3.05, 3.63) is 77.0 Å². The van der Waals surface area contributed by atoms with Crippen LogP contribution in [0.4, 0.5) is 0 Å². The Labute approximate surface area is 199 Å². The molecule has 4 rings (SSSR count). The zero-order chi connectivity index (χ0) is 24.1. The summed E-state index contributed by atoms with van der Waals surface area (Å²) in [5, 5.41) is 7.50. The number of amides is 3. The Morgan fingerprint density at radius 2 is 1.74 bits per heavy atom. The monoisotopic (exact) mass is 458 g/mol. The minimum atomic E-state index is -0.315. The quantitative estimate of drug-likeness (QED) is 0.364. The van der Waals surface area contributed by atoms with E-state index in [4.69, 9.17) is 0 Å². The number of aryl methyl sites for hydroxylation is 2. The second kappa shape index (κ2) is 10.5. The number of aromatic nitrogens is 2. The molecule has 1 aliphatic heterocycles. The van der Waals surface area contributed by atoms with E-state index in [0.717, 1.165) is 48.2 Å². The van der Waals surface area contributed by atoms with Crippen molar-refractivity contribution in [2.75, 3.05) is 20.1 Å². The summed E-state index contributed by atoms with van der Waals surface area (Å²) in [5.41, 5.74) is 4.94. The highest BCUT2D eigenvalue weighted by Crippen LogP contribution is 2.24. The van der Waals surface area contributed by atoms with Crippen LogP contribution in [0.5, 0.6) is 0 Å². The molecule has 2 heterocycles. The number of nitrogens with one attached hydrogen (secondary N) is 1. The fourth-order valence-corrected chi connectivity index (χ4v) is 4.22. The van der Waals surface area contributed by atoms with E-state index in [2.05, 4.69) is 16.3 Å². The van der Waals surface area contributed by atoms with Crippen LogP contribution in [0.3, 0.4) is 0 Å². The molecule has 176 valence electrons. The van der Waals surface area contributed by atoms with Gasteiger partial charge >= 0.3 is 0 Å². The fraction of sp³-hybridized carbons (Fsp3) is 0.333. The molecule has 7 heteroatoms. The first kappa shape index (κ1) is 23.4. The lowest BCUT2D eigenvalue weighted by atomic mass is 10.1. The lowest BCUT2D eigenvalue weighted by Crippen LogP contribution is -2.35. The van der Waals surface area contributed by atoms with Gasteiger partial charge in [-0.2, -0.15) is 5.10 Å². The van der Waals surface area contributed by atoms with Crippen molar-refractivity contribution in [2.24, 2.45) is 0 Å². The number of imide groups is 1. The Bertz CT molecular complexity index is 1190. The van der Waals surface area contributed by atoms with Crippen molar-refractivity contribution < 1.29 is 14.4 Å². The van der Waals surface area contributed by atoms with Crippen molar-refractivity contribution >= 4 is 17.7 Å². The Morgan fingerprint density at radius 1 is 0.971 bits per heavy atom. The van der Waals surface area contributed by atoms with E-state index in [1.54, 1.807) is 24.1 Å². The molecule has 3 aromatic rings. The highest BCUT2D eigenvalue weighted by atomic mass is 16.2. The third-order valence-electron chi connectivity index (χ3n) is 6.24. The van der Waals surface area contributed by atoms with Crippen LogP contribution in [-0.4, -0.2) is 57.9 Å². The van der Waals surface area contributed by atoms with Gasteiger partial charge < -0.3 is 4.90 Å². The molecule has 1 N–H and O–H groups in total. The maximum absolute atomic E-state index is 12.6. The fourth-order valence-electron chi connectivity index (χ4n) is 4.22. The van der Waals surface area contributed by atoms with Crippen LogP contribution >= 0.6 is 0 Å². The highest BCUT2D eigenvalue weighted by molar-refractivity contribution is 6.21. The third-order valence-corrected chi connectivity index (χ3v) is 6.24. The maximum atomic E-state index is 12.6. The second-order valence-electron chi connectivity index (χ2n) is 8.83. The predicted octanol–water partition coefficient (Wildman–Crippen LogP) is 4.24. The van der Waals surface area contributed by atoms with E-state index >= 15 is 0 Å². The molecule has 0 fully saturated rings. The predicted molar refractivity (Wildman–Crippen MR) is 130 cm³/mol. The normalized spacial score (nSPS) is 12.8. The van der Waals surface area contributed by atoms with Gasteiger partial charge in [-0.05, 0) is 44.4 Å². The summed E-state index contributed by atoms with van der Waals surface area (Å²) in [6, 6.07) is 17.4. The number of aromatic amines is 1. The first-order valence-corrected chi connectivity index (χ1v) is 11.7. The molecule has 7 nitrogen and oxygen atoms in total. The van der Waals surface area contributed by atoms with E-state index in [9.17, 15) is 14.4 Å². The van der Waals surface area contributed by atoms with Crippen molar-refractivity contribution in [1.29, 1.82) is 0 Å². The summed E-state index contributed by atoms with van der Waals surface area (Å²) in [4.78, 5) is 40.5. The van der Waals surface area contributed by atoms with Gasteiger partial charge in [-0.15, -0.1) is 0 Å². The molecule has 34 heavy (non-hydrogen) atoms. The average Bonchev–Trinajstić information content (AvgIpc) is 3.41. The van der Waals surface area contributed by atoms with Crippen LogP contribution in [0, 0.1) is 6.92 Å². The molecule has 3 amide bonds. The van der Waals surface area contributed by atoms with Crippen molar-refractivity contribution in [2.45, 2.75) is 39.0 Å². The number of carbonyl (C=O) groups excluding carboxylic acids is 3. The summed E-state index contributed by atoms with van der Waals surface area (Å²) in [6.45, 7) is 2.65. The van der Waals surface area contributed by atoms with E-state index in [-0.39, 0.29) is 30.7 Å². The number of unbranched alkanes of at least 4 members (excludes halogenated alkanes) is 2. The van der Waals surface area contributed by atoms with E-state index in [0.29, 0.717) is 17.7 Å². The second-order valence-corrected chi connectivity index (χ2v) is 8.83. The Morgan fingerprint density at radius 3 is 2.53 bits per heavy atom. The van der Waals surface area contributed by atoms with Gasteiger partial charge in [-0.25, -0.2) is 0 Å². The Kier molecular flexibility index (Phi) is 7.21. The minimum Gasteiger partial charge on any atom is -0.346 e. The van der Waals surface area contributed by atoms with Crippen molar-refractivity contribution in [3.8, 4) is 11.3 Å². The van der Waals surface area contributed by atoms with Crippen LogP contribution in [-0.2, 0) is 11.2 Å². The maximum Gasteiger partial charge on any atom is 0.261 e. The zero-order valence-electron chi connectivity index (χ0n) is 19.7. The Balaban J connectivity index is 1.16. The summed E-state index contributed by atoms with van der Waals surface area (Å²) in [6.07, 6.45) is 3.95. The summed E-state index contributed by atoms with van der Waals surface area (Å²) < 4.78 is 0. The van der Waals surface area contributed by atoms with Crippen LogP contribution in [0.2, 0.25) is 0 Å². The van der Waals surface area contributed by atoms with Crippen LogP contribution in [0.1, 0.15) is 57.7 Å². The number of hydrogen-bond donors (Lipinski definition) is 1. The molecule has 0 atom stereocenters. The zero-order valence-corrected chi connectivity index (χ0v) is 19.7. The van der Waals surface area contributed by atoms with Gasteiger partial charge in [0.25, 0.3) is 11.8 Å². The third kappa shape index (κ3) is 5.25. The summed E-state index contributed by atoms with van der Waals surface area (Å²) in [5.74, 6) is -0.688. The number of benzene rings is 2. The largest absolute Gasteiger partial charge is 0.346 e. The van der Waals surface area contributed by atoms with Crippen molar-refractivity contribution in [3.63, 3.8) is 0 Å². The molecule has 0 unspecified atom stereocenters. The average molecular weight is 459 g/mol. The van der Waals surface area contributed by atoms with Crippen LogP contribution in [0.25, 0.3) is 11.3 Å². The van der Waals surface area contributed by atoms with Gasteiger partial charge in [0.05, 0.1) is 16.8 Å². The highest BCUT2D eigenvalue weighted by Gasteiger charge is 2.35. The lowest BCUT2D eigenvalue weighted by Gasteiger charge is -2.19. The van der Waals surface area contributed by atoms with Gasteiger partial charge in [0.15, 0.2) is 0 Å². The van der Waals surface area contributed by atoms with E-state index in [1.807, 2.05) is 43.3 Å². The first-order chi connectivity index (χ1) is 16.4. The summed E-state index contributed by atoms with van der Waals surface area (Å²) in [7, 11) is 1.77.